The molecular formula is C15H18N2O2. The van der Waals surface area contributed by atoms with Gasteiger partial charge < -0.3 is 10.2 Å². The van der Waals surface area contributed by atoms with Gasteiger partial charge in [-0.05, 0) is 19.3 Å². The summed E-state index contributed by atoms with van der Waals surface area (Å²) < 4.78 is 0. The molecule has 19 heavy (non-hydrogen) atoms. The largest absolute Gasteiger partial charge is 0.344 e. The fourth-order valence-electron chi connectivity index (χ4n) is 3.03. The van der Waals surface area contributed by atoms with Crippen molar-refractivity contribution in [1.29, 1.82) is 0 Å². The van der Waals surface area contributed by atoms with Gasteiger partial charge in [0.2, 0.25) is 5.78 Å². The molecule has 1 aromatic rings. The zero-order valence-corrected chi connectivity index (χ0v) is 10.9. The van der Waals surface area contributed by atoms with Crippen LogP contribution in [0.4, 0.5) is 0 Å². The van der Waals surface area contributed by atoms with Crippen molar-refractivity contribution in [3.63, 3.8) is 0 Å². The van der Waals surface area contributed by atoms with Crippen molar-refractivity contribution in [2.75, 3.05) is 19.6 Å². The highest BCUT2D eigenvalue weighted by atomic mass is 16.2. The summed E-state index contributed by atoms with van der Waals surface area (Å²) in [7, 11) is 0. The molecule has 2 bridgehead atoms. The third-order valence-corrected chi connectivity index (χ3v) is 4.34. The highest BCUT2D eigenvalue weighted by Gasteiger charge is 2.41. The van der Waals surface area contributed by atoms with Gasteiger partial charge in [-0.15, -0.1) is 0 Å². The molecule has 4 rings (SSSR count). The molecule has 3 saturated heterocycles. The Morgan fingerprint density at radius 3 is 2.16 bits per heavy atom. The van der Waals surface area contributed by atoms with Gasteiger partial charge >= 0.3 is 0 Å². The first kappa shape index (κ1) is 12.4. The summed E-state index contributed by atoms with van der Waals surface area (Å²) in [6, 6.07) is 8.76. The minimum Gasteiger partial charge on any atom is -0.344 e. The van der Waals surface area contributed by atoms with Gasteiger partial charge in [-0.25, -0.2) is 0 Å². The Labute approximate surface area is 112 Å². The maximum absolute atomic E-state index is 12.1. The molecule has 0 spiro atoms. The topological polar surface area (TPSA) is 49.4 Å². The van der Waals surface area contributed by atoms with Crippen LogP contribution < -0.4 is 5.32 Å². The van der Waals surface area contributed by atoms with Crippen molar-refractivity contribution in [3.8, 4) is 0 Å². The Morgan fingerprint density at radius 2 is 1.58 bits per heavy atom. The van der Waals surface area contributed by atoms with Gasteiger partial charge in [-0.2, -0.15) is 0 Å². The van der Waals surface area contributed by atoms with Crippen molar-refractivity contribution in [2.45, 2.75) is 24.8 Å². The average molecular weight is 258 g/mol. The summed E-state index contributed by atoms with van der Waals surface area (Å²) in [5.41, 5.74) is 0.320. The minimum atomic E-state index is -0.457. The number of hydrogen-bond acceptors (Lipinski definition) is 3. The number of fused-ring (bicyclic) bond motifs is 3. The van der Waals surface area contributed by atoms with Crippen LogP contribution in [0.1, 0.15) is 29.6 Å². The van der Waals surface area contributed by atoms with E-state index in [9.17, 15) is 9.59 Å². The van der Waals surface area contributed by atoms with Gasteiger partial charge in [0.05, 0.1) is 0 Å². The predicted octanol–water partition coefficient (Wildman–Crippen LogP) is 1.22. The third-order valence-electron chi connectivity index (χ3n) is 4.34. The van der Waals surface area contributed by atoms with Crippen molar-refractivity contribution in [3.05, 3.63) is 35.9 Å². The zero-order valence-electron chi connectivity index (χ0n) is 10.9. The van der Waals surface area contributed by atoms with Gasteiger partial charge in [-0.3, -0.25) is 9.59 Å². The van der Waals surface area contributed by atoms with E-state index in [-0.39, 0.29) is 5.54 Å². The molecule has 0 saturated carbocycles. The Balaban J connectivity index is 1.70. The lowest BCUT2D eigenvalue weighted by Crippen LogP contribution is -2.61. The molecule has 3 fully saturated rings. The number of rotatable bonds is 3. The molecule has 0 aliphatic carbocycles. The van der Waals surface area contributed by atoms with Gasteiger partial charge in [0.1, 0.15) is 0 Å². The SMILES string of the molecule is O=C(NC12CCN(CC1)CC2)C(=O)c1ccccc1. The lowest BCUT2D eigenvalue weighted by Gasteiger charge is -2.48. The smallest absolute Gasteiger partial charge is 0.292 e. The summed E-state index contributed by atoms with van der Waals surface area (Å²) in [5.74, 6) is -0.885. The second-order valence-corrected chi connectivity index (χ2v) is 5.52. The van der Waals surface area contributed by atoms with Crippen molar-refractivity contribution >= 4 is 11.7 Å². The Morgan fingerprint density at radius 1 is 1.00 bits per heavy atom. The number of carbonyl (C=O) groups excluding carboxylic acids is 2. The number of benzene rings is 1. The predicted molar refractivity (Wildman–Crippen MR) is 71.9 cm³/mol. The number of Topliss-reactive ketones (excluding diaryl/α,β-unsaturated/α-hetero) is 1. The number of hydrogen-bond donors (Lipinski definition) is 1. The fraction of sp³-hybridized carbons (Fsp3) is 0.467. The molecule has 0 unspecified atom stereocenters. The molecule has 0 atom stereocenters. The monoisotopic (exact) mass is 258 g/mol. The average Bonchev–Trinajstić information content (AvgIpc) is 2.49. The van der Waals surface area contributed by atoms with Crippen LogP contribution in [0, 0.1) is 0 Å². The fourth-order valence-corrected chi connectivity index (χ4v) is 3.03. The number of nitrogens with zero attached hydrogens (tertiary/aromatic N) is 1. The van der Waals surface area contributed by atoms with E-state index in [0.717, 1.165) is 38.9 Å². The van der Waals surface area contributed by atoms with E-state index >= 15 is 0 Å². The maximum Gasteiger partial charge on any atom is 0.292 e. The van der Waals surface area contributed by atoms with Gasteiger partial charge in [-0.1, -0.05) is 30.3 Å². The first-order valence-electron chi connectivity index (χ1n) is 6.83. The number of ketones is 1. The van der Waals surface area contributed by atoms with Gasteiger partial charge in [0.25, 0.3) is 5.91 Å². The normalized spacial score (nSPS) is 28.9. The number of piperidine rings is 3. The number of carbonyl (C=O) groups is 2. The van der Waals surface area contributed by atoms with Crippen molar-refractivity contribution in [1.82, 2.24) is 10.2 Å². The summed E-state index contributed by atoms with van der Waals surface area (Å²) in [6.45, 7) is 3.08. The van der Waals surface area contributed by atoms with Crippen LogP contribution in [0.3, 0.4) is 0 Å². The Kier molecular flexibility index (Phi) is 3.11. The summed E-state index contributed by atoms with van der Waals surface area (Å²) >= 11 is 0. The lowest BCUT2D eigenvalue weighted by atomic mass is 9.80. The molecule has 0 radical (unpaired) electrons. The van der Waals surface area contributed by atoms with Crippen LogP contribution in [0.15, 0.2) is 30.3 Å². The second kappa shape index (κ2) is 4.78. The highest BCUT2D eigenvalue weighted by Crippen LogP contribution is 2.31. The maximum atomic E-state index is 12.1. The van der Waals surface area contributed by atoms with Gasteiger partial charge in [0, 0.05) is 30.7 Å². The molecule has 0 aromatic heterocycles. The van der Waals surface area contributed by atoms with E-state index in [0.29, 0.717) is 5.56 Å². The van der Waals surface area contributed by atoms with E-state index in [1.165, 1.54) is 0 Å². The van der Waals surface area contributed by atoms with Crippen LogP contribution >= 0.6 is 0 Å². The summed E-state index contributed by atoms with van der Waals surface area (Å²) in [4.78, 5) is 26.6. The molecule has 4 nitrogen and oxygen atoms in total. The van der Waals surface area contributed by atoms with Crippen LogP contribution in [-0.4, -0.2) is 41.8 Å². The summed E-state index contributed by atoms with van der Waals surface area (Å²) in [6.07, 6.45) is 2.88. The first-order chi connectivity index (χ1) is 9.19. The summed E-state index contributed by atoms with van der Waals surface area (Å²) in [5, 5.41) is 3.00. The Bertz CT molecular complexity index is 476. The quantitative estimate of drug-likeness (QED) is 0.655. The molecule has 100 valence electrons. The zero-order chi connectivity index (χ0) is 13.3. The van der Waals surface area contributed by atoms with Crippen LogP contribution in [0.25, 0.3) is 0 Å². The molecule has 1 N–H and O–H groups in total. The van der Waals surface area contributed by atoms with Gasteiger partial charge in [0.15, 0.2) is 0 Å². The van der Waals surface area contributed by atoms with Crippen molar-refractivity contribution < 1.29 is 9.59 Å². The van der Waals surface area contributed by atoms with Crippen molar-refractivity contribution in [2.24, 2.45) is 0 Å². The molecule has 3 heterocycles. The standard InChI is InChI=1S/C15H18N2O2/c18-13(12-4-2-1-3-5-12)14(19)16-15-6-9-17(10-7-15)11-8-15/h1-5H,6-11H2,(H,16,19). The molecule has 3 aliphatic heterocycles. The highest BCUT2D eigenvalue weighted by molar-refractivity contribution is 6.42. The second-order valence-electron chi connectivity index (χ2n) is 5.52. The molecular weight excluding hydrogens is 240 g/mol. The van der Waals surface area contributed by atoms with E-state index in [4.69, 9.17) is 0 Å². The van der Waals surface area contributed by atoms with E-state index < -0.39 is 11.7 Å². The Hall–Kier alpha value is -1.68. The van der Waals surface area contributed by atoms with Crippen LogP contribution in [-0.2, 0) is 4.79 Å². The van der Waals surface area contributed by atoms with E-state index in [2.05, 4.69) is 10.2 Å². The first-order valence-corrected chi connectivity index (χ1v) is 6.83. The van der Waals surface area contributed by atoms with E-state index in [1.807, 2.05) is 6.07 Å². The molecule has 3 aliphatic rings. The van der Waals surface area contributed by atoms with Crippen LogP contribution in [0.5, 0.6) is 0 Å². The molecule has 1 amide bonds. The van der Waals surface area contributed by atoms with E-state index in [1.54, 1.807) is 24.3 Å². The van der Waals surface area contributed by atoms with Crippen LogP contribution in [0.2, 0.25) is 0 Å². The third kappa shape index (κ3) is 2.40. The number of amides is 1. The number of nitrogens with one attached hydrogen (secondary N) is 1. The molecule has 1 aromatic carbocycles. The minimum absolute atomic E-state index is 0.143. The lowest BCUT2D eigenvalue weighted by molar-refractivity contribution is -0.120. The molecule has 4 heteroatoms.